The van der Waals surface area contributed by atoms with Gasteiger partial charge in [-0.2, -0.15) is 4.98 Å². The molecule has 0 atom stereocenters. The van der Waals surface area contributed by atoms with E-state index >= 15 is 0 Å². The largest absolute Gasteiger partial charge is 0.378 e. The third-order valence-corrected chi connectivity index (χ3v) is 4.60. The first-order valence-electron chi connectivity index (χ1n) is 8.15. The number of rotatable bonds is 3. The van der Waals surface area contributed by atoms with Crippen molar-refractivity contribution in [2.75, 3.05) is 36.5 Å². The van der Waals surface area contributed by atoms with Crippen LogP contribution in [-0.4, -0.2) is 47.4 Å². The minimum Gasteiger partial charge on any atom is -0.378 e. The highest BCUT2D eigenvalue weighted by Crippen LogP contribution is 2.20. The summed E-state index contributed by atoms with van der Waals surface area (Å²) in [4.78, 5) is 10.9. The molecule has 23 heavy (non-hydrogen) atoms. The average Bonchev–Trinajstić information content (AvgIpc) is 2.56. The zero-order valence-corrected chi connectivity index (χ0v) is 14.6. The van der Waals surface area contributed by atoms with Gasteiger partial charge in [-0.1, -0.05) is 30.9 Å². The predicted molar refractivity (Wildman–Crippen MR) is 96.3 cm³/mol. The van der Waals surface area contributed by atoms with Gasteiger partial charge in [-0.15, -0.1) is 0 Å². The minimum atomic E-state index is 0.407. The van der Waals surface area contributed by atoms with Crippen molar-refractivity contribution in [1.29, 1.82) is 0 Å². The summed E-state index contributed by atoms with van der Waals surface area (Å²) >= 11 is 11.5. The maximum Gasteiger partial charge on any atom is 0.232 e. The number of thiocarbonyl (C=S) groups is 1. The summed E-state index contributed by atoms with van der Waals surface area (Å²) in [5.41, 5.74) is 0. The molecule has 0 spiro atoms. The molecule has 6 nitrogen and oxygen atoms in total. The van der Waals surface area contributed by atoms with E-state index in [4.69, 9.17) is 28.6 Å². The van der Waals surface area contributed by atoms with Crippen molar-refractivity contribution in [2.24, 2.45) is 0 Å². The molecule has 2 aliphatic rings. The third kappa shape index (κ3) is 4.89. The van der Waals surface area contributed by atoms with Crippen molar-refractivity contribution >= 4 is 40.7 Å². The van der Waals surface area contributed by atoms with Gasteiger partial charge in [0.15, 0.2) is 5.11 Å². The Balaban J connectivity index is 1.62. The van der Waals surface area contributed by atoms with Gasteiger partial charge in [0.25, 0.3) is 0 Å². The molecular formula is C15H22ClN5OS. The van der Waals surface area contributed by atoms with E-state index in [1.165, 1.54) is 19.3 Å². The lowest BCUT2D eigenvalue weighted by atomic mass is 9.96. The first kappa shape index (κ1) is 16.7. The van der Waals surface area contributed by atoms with Gasteiger partial charge in [-0.05, 0) is 25.1 Å². The molecule has 1 saturated heterocycles. The Bertz CT molecular complexity index is 547. The van der Waals surface area contributed by atoms with E-state index in [1.54, 1.807) is 6.07 Å². The van der Waals surface area contributed by atoms with E-state index < -0.39 is 0 Å². The highest BCUT2D eigenvalue weighted by Gasteiger charge is 2.17. The van der Waals surface area contributed by atoms with Crippen LogP contribution in [0.25, 0.3) is 0 Å². The summed E-state index contributed by atoms with van der Waals surface area (Å²) in [7, 11) is 0. The van der Waals surface area contributed by atoms with Crippen LogP contribution in [0, 0.1) is 0 Å². The molecule has 2 heterocycles. The standard InChI is InChI=1S/C15H22ClN5OS/c16-12-10-13(21-6-8-22-9-7-21)19-14(18-12)20-15(23)17-11-4-2-1-3-5-11/h10-11H,1-9H2,(H2,17,18,19,20,23). The molecule has 1 aromatic heterocycles. The highest BCUT2D eigenvalue weighted by molar-refractivity contribution is 7.80. The van der Waals surface area contributed by atoms with Crippen LogP contribution in [0.4, 0.5) is 11.8 Å². The molecular weight excluding hydrogens is 334 g/mol. The van der Waals surface area contributed by atoms with Crippen LogP contribution in [-0.2, 0) is 4.74 Å². The molecule has 0 radical (unpaired) electrons. The highest BCUT2D eigenvalue weighted by atomic mass is 35.5. The Morgan fingerprint density at radius 3 is 2.70 bits per heavy atom. The van der Waals surface area contributed by atoms with Crippen LogP contribution in [0.2, 0.25) is 5.15 Å². The van der Waals surface area contributed by atoms with Crippen molar-refractivity contribution in [1.82, 2.24) is 15.3 Å². The Morgan fingerprint density at radius 1 is 1.22 bits per heavy atom. The molecule has 8 heteroatoms. The molecule has 0 unspecified atom stereocenters. The molecule has 1 saturated carbocycles. The van der Waals surface area contributed by atoms with E-state index in [-0.39, 0.29) is 0 Å². The van der Waals surface area contributed by atoms with Gasteiger partial charge in [-0.25, -0.2) is 4.98 Å². The molecule has 2 fully saturated rings. The number of ether oxygens (including phenoxy) is 1. The van der Waals surface area contributed by atoms with Crippen molar-refractivity contribution in [3.8, 4) is 0 Å². The molecule has 1 aliphatic carbocycles. The minimum absolute atomic E-state index is 0.407. The normalized spacial score (nSPS) is 19.4. The first-order chi connectivity index (χ1) is 11.2. The second-order valence-corrected chi connectivity index (χ2v) is 6.70. The number of nitrogens with zero attached hydrogens (tertiary/aromatic N) is 3. The number of morpholine rings is 1. The maximum absolute atomic E-state index is 6.13. The van der Waals surface area contributed by atoms with E-state index in [0.717, 1.165) is 31.7 Å². The van der Waals surface area contributed by atoms with Gasteiger partial charge in [0.05, 0.1) is 13.2 Å². The Labute approximate surface area is 147 Å². The van der Waals surface area contributed by atoms with Gasteiger partial charge in [0.2, 0.25) is 5.95 Å². The molecule has 0 amide bonds. The lowest BCUT2D eigenvalue weighted by molar-refractivity contribution is 0.122. The molecule has 2 N–H and O–H groups in total. The summed E-state index contributed by atoms with van der Waals surface area (Å²) in [5.74, 6) is 1.24. The lowest BCUT2D eigenvalue weighted by Crippen LogP contribution is -2.39. The molecule has 3 rings (SSSR count). The molecule has 0 aromatic carbocycles. The summed E-state index contributed by atoms with van der Waals surface area (Å²) in [6.07, 6.45) is 6.16. The van der Waals surface area contributed by atoms with Crippen LogP contribution in [0.1, 0.15) is 32.1 Å². The van der Waals surface area contributed by atoms with Crippen molar-refractivity contribution in [2.45, 2.75) is 38.1 Å². The number of anilines is 2. The average molecular weight is 356 g/mol. The molecule has 1 aliphatic heterocycles. The number of hydrogen-bond donors (Lipinski definition) is 2. The van der Waals surface area contributed by atoms with Gasteiger partial charge < -0.3 is 20.3 Å². The fraction of sp³-hybridized carbons (Fsp3) is 0.667. The number of halogens is 1. The number of aromatic nitrogens is 2. The Hall–Kier alpha value is -1.18. The Kier molecular flexibility index (Phi) is 5.85. The van der Waals surface area contributed by atoms with E-state index in [2.05, 4.69) is 25.5 Å². The van der Waals surface area contributed by atoms with Crippen LogP contribution in [0.15, 0.2) is 6.07 Å². The summed E-state index contributed by atoms with van der Waals surface area (Å²) in [6.45, 7) is 3.01. The van der Waals surface area contributed by atoms with E-state index in [0.29, 0.717) is 35.5 Å². The SMILES string of the molecule is S=C(Nc1nc(Cl)cc(N2CCOCC2)n1)NC1CCCCC1. The van der Waals surface area contributed by atoms with Crippen molar-refractivity contribution in [3.63, 3.8) is 0 Å². The van der Waals surface area contributed by atoms with Crippen LogP contribution in [0.3, 0.4) is 0 Å². The second-order valence-electron chi connectivity index (χ2n) is 5.91. The van der Waals surface area contributed by atoms with Crippen molar-refractivity contribution in [3.05, 3.63) is 11.2 Å². The smallest absolute Gasteiger partial charge is 0.232 e. The quantitative estimate of drug-likeness (QED) is 0.638. The third-order valence-electron chi connectivity index (χ3n) is 4.18. The van der Waals surface area contributed by atoms with E-state index in [1.807, 2.05) is 0 Å². The number of nitrogens with one attached hydrogen (secondary N) is 2. The fourth-order valence-electron chi connectivity index (χ4n) is 2.99. The number of hydrogen-bond acceptors (Lipinski definition) is 5. The van der Waals surface area contributed by atoms with Crippen LogP contribution < -0.4 is 15.5 Å². The lowest BCUT2D eigenvalue weighted by Gasteiger charge is -2.28. The predicted octanol–water partition coefficient (Wildman–Crippen LogP) is 2.59. The second kappa shape index (κ2) is 8.08. The zero-order valence-electron chi connectivity index (χ0n) is 13.1. The van der Waals surface area contributed by atoms with Crippen molar-refractivity contribution < 1.29 is 4.74 Å². The molecule has 1 aromatic rings. The van der Waals surface area contributed by atoms with Gasteiger partial charge in [0.1, 0.15) is 11.0 Å². The molecule has 126 valence electrons. The monoisotopic (exact) mass is 355 g/mol. The van der Waals surface area contributed by atoms with Crippen LogP contribution in [0.5, 0.6) is 0 Å². The maximum atomic E-state index is 6.13. The first-order valence-corrected chi connectivity index (χ1v) is 8.94. The summed E-state index contributed by atoms with van der Waals surface area (Å²) < 4.78 is 5.37. The molecule has 0 bridgehead atoms. The summed E-state index contributed by atoms with van der Waals surface area (Å²) in [5, 5.41) is 7.38. The van der Waals surface area contributed by atoms with Crippen LogP contribution >= 0.6 is 23.8 Å². The van der Waals surface area contributed by atoms with Gasteiger partial charge in [-0.3, -0.25) is 0 Å². The zero-order chi connectivity index (χ0) is 16.1. The summed E-state index contributed by atoms with van der Waals surface area (Å²) in [6, 6.07) is 2.22. The Morgan fingerprint density at radius 2 is 1.96 bits per heavy atom. The van der Waals surface area contributed by atoms with E-state index in [9.17, 15) is 0 Å². The topological polar surface area (TPSA) is 62.3 Å². The fourth-order valence-corrected chi connectivity index (χ4v) is 3.42. The van der Waals surface area contributed by atoms with Gasteiger partial charge in [0, 0.05) is 25.2 Å². The van der Waals surface area contributed by atoms with Gasteiger partial charge >= 0.3 is 0 Å².